The summed E-state index contributed by atoms with van der Waals surface area (Å²) in [4.78, 5) is 13.3. The van der Waals surface area contributed by atoms with Gasteiger partial charge >= 0.3 is 6.01 Å². The number of rotatable bonds is 6. The Morgan fingerprint density at radius 1 is 1.22 bits per heavy atom. The number of nitrogens with one attached hydrogen (secondary N) is 1. The van der Waals surface area contributed by atoms with Crippen LogP contribution in [0.1, 0.15) is 19.3 Å². The van der Waals surface area contributed by atoms with E-state index in [1.54, 1.807) is 6.07 Å². The van der Waals surface area contributed by atoms with E-state index in [-0.39, 0.29) is 40.5 Å². The molecule has 2 aliphatic heterocycles. The normalized spacial score (nSPS) is 20.6. The number of hydrogen-bond donors (Lipinski definition) is 2. The summed E-state index contributed by atoms with van der Waals surface area (Å²) in [6.45, 7) is 3.13. The summed E-state index contributed by atoms with van der Waals surface area (Å²) in [6, 6.07) is 9.33. The van der Waals surface area contributed by atoms with E-state index in [1.807, 2.05) is 11.9 Å². The summed E-state index contributed by atoms with van der Waals surface area (Å²) in [5, 5.41) is 23.2. The molecule has 5 rings (SSSR count). The fourth-order valence-electron chi connectivity index (χ4n) is 5.03. The lowest BCUT2D eigenvalue weighted by Crippen LogP contribution is -2.51. The van der Waals surface area contributed by atoms with Gasteiger partial charge in [0, 0.05) is 42.7 Å². The molecule has 2 saturated heterocycles. The summed E-state index contributed by atoms with van der Waals surface area (Å²) in [5.41, 5.74) is -0.319. The minimum atomic E-state index is -0.761. The summed E-state index contributed by atoms with van der Waals surface area (Å²) in [7, 11) is 2.04. The number of piperazine rings is 1. The number of nitriles is 1. The lowest BCUT2D eigenvalue weighted by Gasteiger charge is -2.34. The van der Waals surface area contributed by atoms with E-state index in [0.717, 1.165) is 19.4 Å². The minimum Gasteiger partial charge on any atom is -0.507 e. The van der Waals surface area contributed by atoms with Crippen LogP contribution in [0.4, 0.5) is 14.6 Å². The minimum absolute atomic E-state index is 0.00899. The second-order valence-electron chi connectivity index (χ2n) is 9.33. The van der Waals surface area contributed by atoms with Crippen molar-refractivity contribution in [3.8, 4) is 29.0 Å². The molecule has 188 valence electrons. The van der Waals surface area contributed by atoms with Crippen LogP contribution in [0.25, 0.3) is 22.0 Å². The highest BCUT2D eigenvalue weighted by atomic mass is 19.1. The molecule has 1 aromatic heterocycles. The highest BCUT2D eigenvalue weighted by molar-refractivity contribution is 5.94. The molecule has 2 atom stereocenters. The first-order chi connectivity index (χ1) is 17.5. The number of benzene rings is 2. The predicted molar refractivity (Wildman–Crippen MR) is 132 cm³/mol. The molecule has 0 aliphatic carbocycles. The van der Waals surface area contributed by atoms with Gasteiger partial charge in [0.05, 0.1) is 18.1 Å². The van der Waals surface area contributed by atoms with E-state index in [4.69, 9.17) is 10.00 Å². The zero-order valence-electron chi connectivity index (χ0n) is 20.0. The van der Waals surface area contributed by atoms with E-state index in [9.17, 15) is 9.50 Å². The van der Waals surface area contributed by atoms with Crippen LogP contribution in [-0.2, 0) is 0 Å². The standard InChI is InChI=1S/C26H28F2N6O2/c1-33-12-3-4-17(33)15-36-26-31-24-19(25(32-26)34-13-11-30-16(14-34)9-10-29)8-7-18(23(24)28)22-20(27)5-2-6-21(22)35/h2,5-8,16-17,30,35H,3-4,9,11-15H2,1H3/t16-,17-/m0/s1. The number of nitrogens with zero attached hydrogens (tertiary/aromatic N) is 5. The van der Waals surface area contributed by atoms with E-state index >= 15 is 4.39 Å². The summed E-state index contributed by atoms with van der Waals surface area (Å²) >= 11 is 0. The van der Waals surface area contributed by atoms with Gasteiger partial charge in [0.2, 0.25) is 0 Å². The van der Waals surface area contributed by atoms with E-state index in [0.29, 0.717) is 43.9 Å². The van der Waals surface area contributed by atoms with E-state index < -0.39 is 11.6 Å². The molecule has 2 fully saturated rings. The lowest BCUT2D eigenvalue weighted by atomic mass is 10.0. The predicted octanol–water partition coefficient (Wildman–Crippen LogP) is 3.45. The van der Waals surface area contributed by atoms with Crippen molar-refractivity contribution in [1.29, 1.82) is 5.26 Å². The fraction of sp³-hybridized carbons (Fsp3) is 0.423. The van der Waals surface area contributed by atoms with Gasteiger partial charge in [-0.25, -0.2) is 8.78 Å². The number of fused-ring (bicyclic) bond motifs is 1. The quantitative estimate of drug-likeness (QED) is 0.538. The fourth-order valence-corrected chi connectivity index (χ4v) is 5.03. The van der Waals surface area contributed by atoms with Gasteiger partial charge in [0.1, 0.15) is 29.5 Å². The van der Waals surface area contributed by atoms with Crippen molar-refractivity contribution in [2.45, 2.75) is 31.3 Å². The molecule has 3 aromatic rings. The lowest BCUT2D eigenvalue weighted by molar-refractivity contribution is 0.188. The maximum absolute atomic E-state index is 15.9. The van der Waals surface area contributed by atoms with Crippen molar-refractivity contribution in [2.75, 3.05) is 44.7 Å². The molecule has 10 heteroatoms. The molecule has 2 N–H and O–H groups in total. The van der Waals surface area contributed by atoms with Crippen molar-refractivity contribution in [3.63, 3.8) is 0 Å². The van der Waals surface area contributed by atoms with Crippen molar-refractivity contribution in [3.05, 3.63) is 42.0 Å². The van der Waals surface area contributed by atoms with Crippen LogP contribution in [0.5, 0.6) is 11.8 Å². The molecule has 2 aromatic carbocycles. The van der Waals surface area contributed by atoms with Gasteiger partial charge in [-0.15, -0.1) is 0 Å². The molecule has 0 amide bonds. The van der Waals surface area contributed by atoms with Gasteiger partial charge in [-0.2, -0.15) is 15.2 Å². The second-order valence-corrected chi connectivity index (χ2v) is 9.33. The number of hydrogen-bond acceptors (Lipinski definition) is 8. The van der Waals surface area contributed by atoms with Crippen molar-refractivity contribution in [2.24, 2.45) is 0 Å². The number of likely N-dealkylation sites (N-methyl/N-ethyl adjacent to an activating group) is 1. The second kappa shape index (κ2) is 10.2. The molecule has 0 radical (unpaired) electrons. The molecule has 0 saturated carbocycles. The van der Waals surface area contributed by atoms with Gasteiger partial charge < -0.3 is 25.0 Å². The average molecular weight is 495 g/mol. The van der Waals surface area contributed by atoms with Crippen molar-refractivity contribution < 1.29 is 18.6 Å². The zero-order valence-corrected chi connectivity index (χ0v) is 20.0. The number of phenolic OH excluding ortho intramolecular Hbond substituents is 1. The molecule has 8 nitrogen and oxygen atoms in total. The maximum atomic E-state index is 15.9. The number of halogens is 2. The Kier molecular flexibility index (Phi) is 6.85. The topological polar surface area (TPSA) is 97.5 Å². The Labute approximate surface area is 208 Å². The first-order valence-electron chi connectivity index (χ1n) is 12.1. The first-order valence-corrected chi connectivity index (χ1v) is 12.1. The Balaban J connectivity index is 1.59. The number of aromatic hydroxyl groups is 1. The van der Waals surface area contributed by atoms with Crippen LogP contribution in [0.2, 0.25) is 0 Å². The third-order valence-corrected chi connectivity index (χ3v) is 7.00. The Bertz CT molecular complexity index is 1290. The SMILES string of the molecule is CN1CCC[C@H]1COc1nc(N2CCN[C@@H](CC#N)C2)c2ccc(-c3c(O)cccc3F)c(F)c2n1. The average Bonchev–Trinajstić information content (AvgIpc) is 3.28. The number of likely N-dealkylation sites (tertiary alicyclic amines) is 1. The van der Waals surface area contributed by atoms with Gasteiger partial charge in [0.15, 0.2) is 5.82 Å². The van der Waals surface area contributed by atoms with Crippen LogP contribution >= 0.6 is 0 Å². The van der Waals surface area contributed by atoms with Gasteiger partial charge in [-0.3, -0.25) is 0 Å². The van der Waals surface area contributed by atoms with Crippen LogP contribution in [0, 0.1) is 23.0 Å². The third kappa shape index (κ3) is 4.64. The zero-order chi connectivity index (χ0) is 25.2. The summed E-state index contributed by atoms with van der Waals surface area (Å²) < 4.78 is 36.5. The molecule has 0 bridgehead atoms. The van der Waals surface area contributed by atoms with Crippen LogP contribution < -0.4 is 15.0 Å². The Morgan fingerprint density at radius 3 is 2.83 bits per heavy atom. The van der Waals surface area contributed by atoms with E-state index in [2.05, 4.69) is 26.3 Å². The number of aromatic nitrogens is 2. The number of anilines is 1. The molecule has 0 unspecified atom stereocenters. The van der Waals surface area contributed by atoms with Gasteiger partial charge in [0.25, 0.3) is 0 Å². The van der Waals surface area contributed by atoms with Gasteiger partial charge in [-0.1, -0.05) is 12.1 Å². The molecular formula is C26H28F2N6O2. The van der Waals surface area contributed by atoms with Crippen molar-refractivity contribution >= 4 is 16.7 Å². The van der Waals surface area contributed by atoms with Crippen molar-refractivity contribution in [1.82, 2.24) is 20.2 Å². The highest BCUT2D eigenvalue weighted by Gasteiger charge is 2.27. The summed E-state index contributed by atoms with van der Waals surface area (Å²) in [6.07, 6.45) is 2.41. The maximum Gasteiger partial charge on any atom is 0.319 e. The van der Waals surface area contributed by atoms with Crippen LogP contribution in [0.15, 0.2) is 30.3 Å². The first kappa shape index (κ1) is 24.2. The van der Waals surface area contributed by atoms with Crippen LogP contribution in [0.3, 0.4) is 0 Å². The molecular weight excluding hydrogens is 466 g/mol. The molecule has 2 aliphatic rings. The highest BCUT2D eigenvalue weighted by Crippen LogP contribution is 2.38. The third-order valence-electron chi connectivity index (χ3n) is 7.00. The number of ether oxygens (including phenoxy) is 1. The Morgan fingerprint density at radius 2 is 2.08 bits per heavy atom. The summed E-state index contributed by atoms with van der Waals surface area (Å²) in [5.74, 6) is -1.35. The molecule has 36 heavy (non-hydrogen) atoms. The molecule has 3 heterocycles. The monoisotopic (exact) mass is 494 g/mol. The van der Waals surface area contributed by atoms with Crippen LogP contribution in [-0.4, -0.2) is 71.9 Å². The number of phenols is 1. The van der Waals surface area contributed by atoms with E-state index in [1.165, 1.54) is 24.3 Å². The smallest absolute Gasteiger partial charge is 0.319 e. The largest absolute Gasteiger partial charge is 0.507 e. The molecule has 0 spiro atoms. The Hall–Kier alpha value is -3.55. The van der Waals surface area contributed by atoms with Gasteiger partial charge in [-0.05, 0) is 44.6 Å².